The summed E-state index contributed by atoms with van der Waals surface area (Å²) >= 11 is 0. The molecule has 1 aliphatic rings. The fraction of sp³-hybridized carbons (Fsp3) is 0.571. The molecule has 3 amide bonds. The second-order valence-corrected chi connectivity index (χ2v) is 4.96. The van der Waals surface area contributed by atoms with Gasteiger partial charge in [-0.15, -0.1) is 0 Å². The predicted molar refractivity (Wildman–Crippen MR) is 75.5 cm³/mol. The number of aryl methyl sites for hydroxylation is 2. The summed E-state index contributed by atoms with van der Waals surface area (Å²) in [6, 6.07) is 1.12. The van der Waals surface area contributed by atoms with Gasteiger partial charge >= 0.3 is 0 Å². The van der Waals surface area contributed by atoms with Crippen molar-refractivity contribution in [1.29, 1.82) is 0 Å². The van der Waals surface area contributed by atoms with E-state index in [1.165, 1.54) is 4.90 Å². The Kier molecular flexibility index (Phi) is 4.40. The lowest BCUT2D eigenvalue weighted by Gasteiger charge is -2.33. The van der Waals surface area contributed by atoms with Gasteiger partial charge in [-0.05, 0) is 25.8 Å². The Balaban J connectivity index is 2.35. The number of carbonyl (C=O) groups excluding carboxylic acids is 3. The highest BCUT2D eigenvalue weighted by atomic mass is 16.2. The molecule has 2 heterocycles. The molecule has 0 spiro atoms. The summed E-state index contributed by atoms with van der Waals surface area (Å²) in [5, 5.41) is 6.60. The van der Waals surface area contributed by atoms with E-state index in [2.05, 4.69) is 10.4 Å². The third kappa shape index (κ3) is 2.81. The van der Waals surface area contributed by atoms with Gasteiger partial charge in [0, 0.05) is 6.54 Å². The van der Waals surface area contributed by atoms with Crippen molar-refractivity contribution in [2.45, 2.75) is 46.2 Å². The van der Waals surface area contributed by atoms with Crippen LogP contribution in [0.1, 0.15) is 43.4 Å². The van der Waals surface area contributed by atoms with Gasteiger partial charge in [-0.1, -0.05) is 13.8 Å². The Labute approximate surface area is 123 Å². The monoisotopic (exact) mass is 292 g/mol. The number of nitrogens with zero attached hydrogens (tertiary/aromatic N) is 3. The summed E-state index contributed by atoms with van der Waals surface area (Å²) in [6.07, 6.45) is 1.19. The van der Waals surface area contributed by atoms with E-state index in [-0.39, 0.29) is 12.5 Å². The van der Waals surface area contributed by atoms with Crippen LogP contribution in [-0.2, 0) is 22.6 Å². The average Bonchev–Trinajstić information content (AvgIpc) is 2.89. The highest BCUT2D eigenvalue weighted by molar-refractivity contribution is 6.06. The summed E-state index contributed by atoms with van der Waals surface area (Å²) in [6.45, 7) is 6.14. The molecule has 2 rings (SSSR count). The molecule has 0 saturated carbocycles. The molecule has 1 aliphatic heterocycles. The first-order valence-electron chi connectivity index (χ1n) is 7.23. The highest BCUT2D eigenvalue weighted by Crippen LogP contribution is 2.15. The van der Waals surface area contributed by atoms with Crippen molar-refractivity contribution in [3.05, 3.63) is 17.5 Å². The molecular formula is C14H20N4O3. The van der Waals surface area contributed by atoms with Gasteiger partial charge in [-0.25, -0.2) is 0 Å². The van der Waals surface area contributed by atoms with Crippen molar-refractivity contribution in [3.8, 4) is 0 Å². The van der Waals surface area contributed by atoms with E-state index in [4.69, 9.17) is 0 Å². The van der Waals surface area contributed by atoms with Gasteiger partial charge in [-0.2, -0.15) is 5.10 Å². The predicted octanol–water partition coefficient (Wildman–Crippen LogP) is 0.343. The minimum absolute atomic E-state index is 0.0978. The van der Waals surface area contributed by atoms with Crippen LogP contribution in [0.5, 0.6) is 0 Å². The largest absolute Gasteiger partial charge is 0.316 e. The Morgan fingerprint density at radius 2 is 2.10 bits per heavy atom. The van der Waals surface area contributed by atoms with E-state index in [0.717, 1.165) is 12.1 Å². The molecule has 0 aliphatic carbocycles. The summed E-state index contributed by atoms with van der Waals surface area (Å²) in [5.41, 5.74) is 1.25. The lowest BCUT2D eigenvalue weighted by atomic mass is 10.1. The van der Waals surface area contributed by atoms with Crippen LogP contribution in [0.25, 0.3) is 0 Å². The maximum Gasteiger partial charge on any atom is 0.273 e. The standard InChI is InChI=1S/C14H20N4O3/c1-4-9-7-11(18(6-3)16-9)14(21)17-8-12(19)15-13(20)10(17)5-2/h7,10H,4-6,8H2,1-3H3,(H,15,19,20). The van der Waals surface area contributed by atoms with E-state index >= 15 is 0 Å². The Hall–Kier alpha value is -2.18. The number of rotatable bonds is 4. The maximum absolute atomic E-state index is 12.7. The molecule has 1 fully saturated rings. The lowest BCUT2D eigenvalue weighted by Crippen LogP contribution is -2.59. The quantitative estimate of drug-likeness (QED) is 0.811. The fourth-order valence-corrected chi connectivity index (χ4v) is 2.49. The van der Waals surface area contributed by atoms with Crippen LogP contribution < -0.4 is 5.32 Å². The molecule has 114 valence electrons. The highest BCUT2D eigenvalue weighted by Gasteiger charge is 2.37. The molecular weight excluding hydrogens is 272 g/mol. The van der Waals surface area contributed by atoms with Crippen molar-refractivity contribution in [1.82, 2.24) is 20.0 Å². The Bertz CT molecular complexity index is 579. The van der Waals surface area contributed by atoms with E-state index in [1.807, 2.05) is 20.8 Å². The maximum atomic E-state index is 12.7. The smallest absolute Gasteiger partial charge is 0.273 e. The van der Waals surface area contributed by atoms with Gasteiger partial charge in [0.15, 0.2) is 0 Å². The molecule has 1 saturated heterocycles. The number of piperazine rings is 1. The first kappa shape index (κ1) is 15.2. The molecule has 1 aromatic rings. The van der Waals surface area contributed by atoms with Gasteiger partial charge in [0.1, 0.15) is 18.3 Å². The van der Waals surface area contributed by atoms with E-state index < -0.39 is 17.9 Å². The number of aromatic nitrogens is 2. The average molecular weight is 292 g/mol. The van der Waals surface area contributed by atoms with Crippen LogP contribution in [0.15, 0.2) is 6.07 Å². The first-order valence-corrected chi connectivity index (χ1v) is 7.23. The zero-order valence-electron chi connectivity index (χ0n) is 12.5. The van der Waals surface area contributed by atoms with Crippen LogP contribution in [-0.4, -0.2) is 45.0 Å². The Morgan fingerprint density at radius 1 is 1.38 bits per heavy atom. The third-order valence-electron chi connectivity index (χ3n) is 3.61. The molecule has 0 radical (unpaired) electrons. The molecule has 1 N–H and O–H groups in total. The molecule has 7 nitrogen and oxygen atoms in total. The lowest BCUT2D eigenvalue weighted by molar-refractivity contribution is -0.138. The zero-order valence-corrected chi connectivity index (χ0v) is 12.5. The van der Waals surface area contributed by atoms with Crippen molar-refractivity contribution < 1.29 is 14.4 Å². The van der Waals surface area contributed by atoms with Crippen LogP contribution in [0.4, 0.5) is 0 Å². The molecule has 7 heteroatoms. The topological polar surface area (TPSA) is 84.3 Å². The van der Waals surface area contributed by atoms with Crippen LogP contribution >= 0.6 is 0 Å². The van der Waals surface area contributed by atoms with Crippen molar-refractivity contribution in [2.75, 3.05) is 6.54 Å². The number of amides is 3. The molecule has 0 bridgehead atoms. The van der Waals surface area contributed by atoms with E-state index in [9.17, 15) is 14.4 Å². The zero-order chi connectivity index (χ0) is 15.6. The summed E-state index contributed by atoms with van der Waals surface area (Å²) < 4.78 is 1.62. The number of hydrogen-bond donors (Lipinski definition) is 1. The molecule has 1 unspecified atom stereocenters. The number of carbonyl (C=O) groups is 3. The van der Waals surface area contributed by atoms with Crippen molar-refractivity contribution in [3.63, 3.8) is 0 Å². The fourth-order valence-electron chi connectivity index (χ4n) is 2.49. The van der Waals surface area contributed by atoms with Gasteiger partial charge in [0.2, 0.25) is 11.8 Å². The van der Waals surface area contributed by atoms with Crippen molar-refractivity contribution >= 4 is 17.7 Å². The van der Waals surface area contributed by atoms with E-state index in [1.54, 1.807) is 10.7 Å². The van der Waals surface area contributed by atoms with Gasteiger partial charge < -0.3 is 4.90 Å². The second kappa shape index (κ2) is 6.07. The van der Waals surface area contributed by atoms with Crippen LogP contribution in [0.2, 0.25) is 0 Å². The third-order valence-corrected chi connectivity index (χ3v) is 3.61. The number of imide groups is 1. The van der Waals surface area contributed by atoms with Gasteiger partial charge in [0.05, 0.1) is 5.69 Å². The minimum atomic E-state index is -0.611. The summed E-state index contributed by atoms with van der Waals surface area (Å²) in [7, 11) is 0. The second-order valence-electron chi connectivity index (χ2n) is 4.96. The van der Waals surface area contributed by atoms with Crippen molar-refractivity contribution in [2.24, 2.45) is 0 Å². The first-order chi connectivity index (χ1) is 10.0. The summed E-state index contributed by atoms with van der Waals surface area (Å²) in [4.78, 5) is 37.4. The van der Waals surface area contributed by atoms with Crippen LogP contribution in [0, 0.1) is 0 Å². The normalized spacial score (nSPS) is 18.8. The molecule has 21 heavy (non-hydrogen) atoms. The van der Waals surface area contributed by atoms with Gasteiger partial charge in [-0.3, -0.25) is 24.4 Å². The molecule has 1 aromatic heterocycles. The summed E-state index contributed by atoms with van der Waals surface area (Å²) in [5.74, 6) is -1.18. The Morgan fingerprint density at radius 3 is 2.67 bits per heavy atom. The van der Waals surface area contributed by atoms with Gasteiger partial charge in [0.25, 0.3) is 5.91 Å². The van der Waals surface area contributed by atoms with Crippen LogP contribution in [0.3, 0.4) is 0 Å². The molecule has 0 aromatic carbocycles. The number of hydrogen-bond acceptors (Lipinski definition) is 4. The number of nitrogens with one attached hydrogen (secondary N) is 1. The molecule has 1 atom stereocenters. The van der Waals surface area contributed by atoms with E-state index in [0.29, 0.717) is 18.7 Å². The minimum Gasteiger partial charge on any atom is -0.316 e. The SMILES string of the molecule is CCc1cc(C(=O)N2CC(=O)NC(=O)C2CC)n(CC)n1.